The minimum absolute atomic E-state index is 0.251. The van der Waals surface area contributed by atoms with Gasteiger partial charge in [0.2, 0.25) is 0 Å². The van der Waals surface area contributed by atoms with Crippen LogP contribution in [0, 0.1) is 0 Å². The van der Waals surface area contributed by atoms with Gasteiger partial charge < -0.3 is 35.4 Å². The Morgan fingerprint density at radius 1 is 0.676 bits per heavy atom. The van der Waals surface area contributed by atoms with Crippen molar-refractivity contribution in [2.24, 2.45) is 0 Å². The molecule has 0 N–H and O–H groups in total. The number of hydrogen-bond acceptors (Lipinski definition) is 8. The molecule has 200 valence electrons. The summed E-state index contributed by atoms with van der Waals surface area (Å²) >= 11 is 0. The molecule has 5 atom stereocenters. The summed E-state index contributed by atoms with van der Waals surface area (Å²) in [5, 5.41) is 0. The molecule has 3 aliphatic heterocycles. The van der Waals surface area contributed by atoms with Crippen LogP contribution in [-0.4, -0.2) is 86.1 Å². The van der Waals surface area contributed by atoms with Crippen LogP contribution in [0.25, 0.3) is 0 Å². The Bertz CT molecular complexity index is 628. The fourth-order valence-corrected chi connectivity index (χ4v) is 28.5. The fourth-order valence-electron chi connectivity index (χ4n) is 5.05. The molecule has 0 spiro atoms. The smallest absolute Gasteiger partial charge is 0.317 e. The van der Waals surface area contributed by atoms with Gasteiger partial charge in [-0.15, -0.1) is 0 Å². The zero-order valence-electron chi connectivity index (χ0n) is 22.3. The Hall–Kier alpha value is 0.548. The molecular weight excluding hydrogens is 505 g/mol. The van der Waals surface area contributed by atoms with Crippen LogP contribution in [0.4, 0.5) is 0 Å². The van der Waals surface area contributed by atoms with Crippen molar-refractivity contribution in [2.45, 2.75) is 102 Å². The second-order valence-electron chi connectivity index (χ2n) is 10.7. The molecular formula is C22H48O8Si4. The maximum absolute atomic E-state index is 7.10. The largest absolute Gasteiger partial charge is 0.416 e. The zero-order valence-corrected chi connectivity index (χ0v) is 26.3. The molecule has 3 saturated heterocycles. The van der Waals surface area contributed by atoms with Crippen molar-refractivity contribution >= 4 is 34.2 Å². The van der Waals surface area contributed by atoms with E-state index in [0.29, 0.717) is 32.5 Å². The minimum Gasteiger partial charge on any atom is -0.416 e. The van der Waals surface area contributed by atoms with Crippen LogP contribution in [-0.2, 0) is 35.4 Å². The summed E-state index contributed by atoms with van der Waals surface area (Å²) in [4.78, 5) is 0. The Kier molecular flexibility index (Phi) is 11.0. The molecule has 0 aromatic rings. The van der Waals surface area contributed by atoms with Crippen molar-refractivity contribution in [3.8, 4) is 0 Å². The first-order chi connectivity index (χ1) is 16.1. The lowest BCUT2D eigenvalue weighted by Gasteiger charge is -2.50. The first-order valence-electron chi connectivity index (χ1n) is 13.3. The molecule has 0 aliphatic carbocycles. The first kappa shape index (κ1) is 29.1. The van der Waals surface area contributed by atoms with Gasteiger partial charge in [0, 0.05) is 13.2 Å². The normalized spacial score (nSPS) is 38.8. The van der Waals surface area contributed by atoms with Crippen LogP contribution in [0.5, 0.6) is 0 Å². The highest BCUT2D eigenvalue weighted by atomic mass is 28.5. The molecule has 0 aromatic heterocycles. The molecule has 0 radical (unpaired) electrons. The third kappa shape index (κ3) is 9.45. The second kappa shape index (κ2) is 12.9. The predicted molar refractivity (Wildman–Crippen MR) is 141 cm³/mol. The lowest BCUT2D eigenvalue weighted by atomic mass is 10.3. The topological polar surface area (TPSA) is 77.1 Å². The highest BCUT2D eigenvalue weighted by Gasteiger charge is 2.56. The third-order valence-electron chi connectivity index (χ3n) is 6.50. The molecule has 5 unspecified atom stereocenters. The van der Waals surface area contributed by atoms with Crippen LogP contribution < -0.4 is 0 Å². The maximum Gasteiger partial charge on any atom is 0.317 e. The van der Waals surface area contributed by atoms with E-state index in [1.165, 1.54) is 0 Å². The van der Waals surface area contributed by atoms with Gasteiger partial charge in [-0.25, -0.2) is 0 Å². The fraction of sp³-hybridized carbons (Fsp3) is 1.00. The van der Waals surface area contributed by atoms with Gasteiger partial charge in [-0.1, -0.05) is 26.7 Å². The molecule has 0 bridgehead atoms. The van der Waals surface area contributed by atoms with Crippen molar-refractivity contribution in [2.75, 3.05) is 39.6 Å². The summed E-state index contributed by atoms with van der Waals surface area (Å²) in [6, 6.07) is 3.73. The standard InChI is InChI=1S/C22H48O8Si4/c1-7-13-31(3)27-32(4,14-8-2)29-34(6,16-10-12-25-21-18-24-19-21)30-33(5,28-31)15-9-11-23-17-22-20-26-22/h21-22H,7-20H2,1-6H3. The Labute approximate surface area is 211 Å². The summed E-state index contributed by atoms with van der Waals surface area (Å²) in [6.07, 6.45) is 4.49. The molecule has 3 aliphatic rings. The van der Waals surface area contributed by atoms with Crippen LogP contribution in [0.2, 0.25) is 50.4 Å². The lowest BCUT2D eigenvalue weighted by Crippen LogP contribution is -2.67. The van der Waals surface area contributed by atoms with Gasteiger partial charge in [0.1, 0.15) is 12.2 Å². The third-order valence-corrected chi connectivity index (χ3v) is 25.7. The van der Waals surface area contributed by atoms with E-state index >= 15 is 0 Å². The Morgan fingerprint density at radius 3 is 1.56 bits per heavy atom. The molecule has 0 saturated carbocycles. The Balaban J connectivity index is 1.68. The Morgan fingerprint density at radius 2 is 1.15 bits per heavy atom. The van der Waals surface area contributed by atoms with Crippen LogP contribution in [0.1, 0.15) is 39.5 Å². The quantitative estimate of drug-likeness (QED) is 0.163. The van der Waals surface area contributed by atoms with E-state index in [9.17, 15) is 0 Å². The summed E-state index contributed by atoms with van der Waals surface area (Å²) in [5.41, 5.74) is 0. The van der Waals surface area contributed by atoms with Crippen molar-refractivity contribution in [3.63, 3.8) is 0 Å². The van der Waals surface area contributed by atoms with Gasteiger partial charge in [-0.3, -0.25) is 0 Å². The summed E-state index contributed by atoms with van der Waals surface area (Å²) in [5.74, 6) is 0. The van der Waals surface area contributed by atoms with Gasteiger partial charge in [0.05, 0.1) is 26.4 Å². The molecule has 8 nitrogen and oxygen atoms in total. The van der Waals surface area contributed by atoms with Crippen molar-refractivity contribution in [1.82, 2.24) is 0 Å². The van der Waals surface area contributed by atoms with E-state index in [4.69, 9.17) is 35.4 Å². The minimum atomic E-state index is -2.53. The summed E-state index contributed by atoms with van der Waals surface area (Å²) in [6.45, 7) is 17.7. The highest BCUT2D eigenvalue weighted by Crippen LogP contribution is 2.38. The molecule has 3 fully saturated rings. The molecule has 0 amide bonds. The average molecular weight is 553 g/mol. The molecule has 3 heterocycles. The van der Waals surface area contributed by atoms with E-state index in [1.807, 2.05) is 0 Å². The van der Waals surface area contributed by atoms with Crippen molar-refractivity contribution in [3.05, 3.63) is 0 Å². The molecule has 0 aromatic carbocycles. The van der Waals surface area contributed by atoms with Crippen molar-refractivity contribution < 1.29 is 35.4 Å². The zero-order chi connectivity index (χ0) is 24.7. The van der Waals surface area contributed by atoms with Gasteiger partial charge >= 0.3 is 34.2 Å². The van der Waals surface area contributed by atoms with E-state index in [-0.39, 0.29) is 6.10 Å². The van der Waals surface area contributed by atoms with Gasteiger partial charge in [0.25, 0.3) is 0 Å². The summed E-state index contributed by atoms with van der Waals surface area (Å²) in [7, 11) is -9.90. The van der Waals surface area contributed by atoms with Crippen LogP contribution in [0.3, 0.4) is 0 Å². The van der Waals surface area contributed by atoms with E-state index in [1.54, 1.807) is 0 Å². The predicted octanol–water partition coefficient (Wildman–Crippen LogP) is 4.79. The van der Waals surface area contributed by atoms with Gasteiger partial charge in [-0.2, -0.15) is 0 Å². The van der Waals surface area contributed by atoms with E-state index in [0.717, 1.165) is 63.1 Å². The number of epoxide rings is 1. The van der Waals surface area contributed by atoms with Gasteiger partial charge in [0.15, 0.2) is 0 Å². The summed E-state index contributed by atoms with van der Waals surface area (Å²) < 4.78 is 50.4. The number of hydrogen-bond donors (Lipinski definition) is 0. The second-order valence-corrected chi connectivity index (χ2v) is 25.0. The molecule has 12 heteroatoms. The van der Waals surface area contributed by atoms with Crippen LogP contribution in [0.15, 0.2) is 0 Å². The van der Waals surface area contributed by atoms with Crippen LogP contribution >= 0.6 is 0 Å². The van der Waals surface area contributed by atoms with Crippen molar-refractivity contribution in [1.29, 1.82) is 0 Å². The average Bonchev–Trinajstić information content (AvgIpc) is 3.49. The monoisotopic (exact) mass is 552 g/mol. The number of ether oxygens (including phenoxy) is 4. The van der Waals surface area contributed by atoms with E-state index in [2.05, 4.69) is 40.0 Å². The first-order valence-corrected chi connectivity index (χ1v) is 23.4. The molecule has 34 heavy (non-hydrogen) atoms. The van der Waals surface area contributed by atoms with Gasteiger partial charge in [-0.05, 0) is 63.2 Å². The number of rotatable bonds is 15. The van der Waals surface area contributed by atoms with E-state index < -0.39 is 34.2 Å². The SMILES string of the molecule is CCC[Si]1(C)O[Si](C)(CCC)O[Si](C)(CCCOC2COC2)O[Si](C)(CCCOCC2CO2)O1. The molecule has 3 rings (SSSR count). The lowest BCUT2D eigenvalue weighted by molar-refractivity contribution is -0.129. The highest BCUT2D eigenvalue weighted by molar-refractivity contribution is 6.93. The maximum atomic E-state index is 7.10.